The molecule has 2 nitrogen and oxygen atoms in total. The van der Waals surface area contributed by atoms with Crippen LogP contribution in [0.15, 0.2) is 0 Å². The van der Waals surface area contributed by atoms with Crippen LogP contribution in [0.5, 0.6) is 0 Å². The Labute approximate surface area is 83.2 Å². The molecule has 0 atom stereocenters. The van der Waals surface area contributed by atoms with Crippen LogP contribution in [0.1, 0.15) is 35.8 Å². The van der Waals surface area contributed by atoms with E-state index in [1.807, 2.05) is 0 Å². The Kier molecular flexibility index (Phi) is 2.16. The standard InChI is InChI=1S/C10H16N2S/c1-10(2)4-3-8-7(5-10)12-9(6-11)13-8/h3-6,11H2,1-2H3. The van der Waals surface area contributed by atoms with Crippen LogP contribution in [0.3, 0.4) is 0 Å². The van der Waals surface area contributed by atoms with E-state index in [1.54, 1.807) is 11.3 Å². The van der Waals surface area contributed by atoms with E-state index in [9.17, 15) is 0 Å². The van der Waals surface area contributed by atoms with Crippen molar-refractivity contribution in [2.75, 3.05) is 0 Å². The number of nitrogens with two attached hydrogens (primary N) is 1. The minimum Gasteiger partial charge on any atom is -0.325 e. The van der Waals surface area contributed by atoms with Crippen LogP contribution in [0, 0.1) is 5.41 Å². The largest absolute Gasteiger partial charge is 0.325 e. The van der Waals surface area contributed by atoms with Crippen LogP contribution >= 0.6 is 11.3 Å². The Morgan fingerprint density at radius 1 is 1.54 bits per heavy atom. The Morgan fingerprint density at radius 3 is 3.00 bits per heavy atom. The average molecular weight is 196 g/mol. The van der Waals surface area contributed by atoms with E-state index in [-0.39, 0.29) is 0 Å². The van der Waals surface area contributed by atoms with E-state index < -0.39 is 0 Å². The molecule has 2 N–H and O–H groups in total. The van der Waals surface area contributed by atoms with Crippen molar-refractivity contribution in [1.29, 1.82) is 0 Å². The Morgan fingerprint density at radius 2 is 2.31 bits per heavy atom. The third kappa shape index (κ3) is 1.76. The summed E-state index contributed by atoms with van der Waals surface area (Å²) >= 11 is 1.80. The van der Waals surface area contributed by atoms with Gasteiger partial charge >= 0.3 is 0 Å². The quantitative estimate of drug-likeness (QED) is 0.747. The first-order valence-corrected chi connectivity index (χ1v) is 5.60. The lowest BCUT2D eigenvalue weighted by molar-refractivity contribution is 0.313. The summed E-state index contributed by atoms with van der Waals surface area (Å²) in [5, 5.41) is 1.10. The van der Waals surface area contributed by atoms with Gasteiger partial charge in [0.1, 0.15) is 5.01 Å². The molecule has 13 heavy (non-hydrogen) atoms. The summed E-state index contributed by atoms with van der Waals surface area (Å²) in [5.41, 5.74) is 7.32. The van der Waals surface area contributed by atoms with Gasteiger partial charge in [-0.2, -0.15) is 0 Å². The third-order valence-corrected chi connectivity index (χ3v) is 3.85. The number of aromatic nitrogens is 1. The van der Waals surface area contributed by atoms with Gasteiger partial charge in [0.2, 0.25) is 0 Å². The second-order valence-corrected chi connectivity index (χ2v) is 5.69. The summed E-state index contributed by atoms with van der Waals surface area (Å²) < 4.78 is 0. The zero-order chi connectivity index (χ0) is 9.47. The molecule has 1 aliphatic carbocycles. The zero-order valence-electron chi connectivity index (χ0n) is 8.26. The molecule has 0 saturated heterocycles. The van der Waals surface area contributed by atoms with Crippen molar-refractivity contribution in [2.45, 2.75) is 39.7 Å². The number of aryl methyl sites for hydroxylation is 1. The Bertz CT molecular complexity index is 315. The maximum atomic E-state index is 5.58. The molecule has 0 aliphatic heterocycles. The maximum absolute atomic E-state index is 5.58. The highest BCUT2D eigenvalue weighted by Gasteiger charge is 2.27. The molecule has 1 aliphatic rings. The van der Waals surface area contributed by atoms with Crippen LogP contribution in [-0.2, 0) is 19.4 Å². The molecule has 72 valence electrons. The lowest BCUT2D eigenvalue weighted by Gasteiger charge is -2.28. The topological polar surface area (TPSA) is 38.9 Å². The van der Waals surface area contributed by atoms with Crippen molar-refractivity contribution in [2.24, 2.45) is 11.1 Å². The SMILES string of the molecule is CC1(C)CCc2sc(CN)nc2C1. The summed E-state index contributed by atoms with van der Waals surface area (Å²) in [6, 6.07) is 0. The molecule has 0 aromatic carbocycles. The molecular formula is C10H16N2S. The van der Waals surface area contributed by atoms with E-state index in [2.05, 4.69) is 18.8 Å². The predicted octanol–water partition coefficient (Wildman–Crippen LogP) is 2.12. The number of nitrogens with zero attached hydrogens (tertiary/aromatic N) is 1. The van der Waals surface area contributed by atoms with Crippen LogP contribution in [0.25, 0.3) is 0 Å². The fourth-order valence-corrected chi connectivity index (χ4v) is 2.81. The number of thiazole rings is 1. The minimum atomic E-state index is 0.437. The summed E-state index contributed by atoms with van der Waals surface area (Å²) in [6.07, 6.45) is 3.60. The van der Waals surface area contributed by atoms with Gasteiger partial charge in [-0.05, 0) is 24.7 Å². The predicted molar refractivity (Wildman–Crippen MR) is 55.8 cm³/mol. The molecule has 0 unspecified atom stereocenters. The first-order valence-electron chi connectivity index (χ1n) is 4.78. The summed E-state index contributed by atoms with van der Waals surface area (Å²) in [7, 11) is 0. The molecule has 0 saturated carbocycles. The van der Waals surface area contributed by atoms with Gasteiger partial charge in [0.05, 0.1) is 5.69 Å². The highest BCUT2D eigenvalue weighted by Crippen LogP contribution is 2.36. The first-order chi connectivity index (χ1) is 6.11. The van der Waals surface area contributed by atoms with Crippen molar-refractivity contribution < 1.29 is 0 Å². The lowest BCUT2D eigenvalue weighted by atomic mass is 9.79. The van der Waals surface area contributed by atoms with Gasteiger partial charge in [-0.3, -0.25) is 0 Å². The molecule has 0 bridgehead atoms. The third-order valence-electron chi connectivity index (χ3n) is 2.67. The smallest absolute Gasteiger partial charge is 0.107 e. The number of hydrogen-bond acceptors (Lipinski definition) is 3. The van der Waals surface area contributed by atoms with Crippen molar-refractivity contribution in [1.82, 2.24) is 4.98 Å². The second kappa shape index (κ2) is 3.07. The summed E-state index contributed by atoms with van der Waals surface area (Å²) in [5.74, 6) is 0. The van der Waals surface area contributed by atoms with Gasteiger partial charge in [0.25, 0.3) is 0 Å². The minimum absolute atomic E-state index is 0.437. The Balaban J connectivity index is 2.30. The van der Waals surface area contributed by atoms with Crippen molar-refractivity contribution in [3.8, 4) is 0 Å². The van der Waals surface area contributed by atoms with E-state index in [1.165, 1.54) is 23.4 Å². The van der Waals surface area contributed by atoms with Crippen LogP contribution in [-0.4, -0.2) is 4.98 Å². The Hall–Kier alpha value is -0.410. The molecule has 0 amide bonds. The number of rotatable bonds is 1. The molecular weight excluding hydrogens is 180 g/mol. The molecule has 1 heterocycles. The van der Waals surface area contributed by atoms with Crippen LogP contribution in [0.2, 0.25) is 0 Å². The number of fused-ring (bicyclic) bond motifs is 1. The highest BCUT2D eigenvalue weighted by molar-refractivity contribution is 7.11. The summed E-state index contributed by atoms with van der Waals surface area (Å²) in [4.78, 5) is 6.03. The van der Waals surface area contributed by atoms with E-state index in [0.29, 0.717) is 12.0 Å². The fraction of sp³-hybridized carbons (Fsp3) is 0.700. The highest BCUT2D eigenvalue weighted by atomic mass is 32.1. The average Bonchev–Trinajstić information content (AvgIpc) is 2.44. The molecule has 1 aromatic rings. The fourth-order valence-electron chi connectivity index (χ4n) is 1.85. The zero-order valence-corrected chi connectivity index (χ0v) is 9.08. The van der Waals surface area contributed by atoms with E-state index >= 15 is 0 Å². The van der Waals surface area contributed by atoms with Crippen LogP contribution in [0.4, 0.5) is 0 Å². The molecule has 2 rings (SSSR count). The van der Waals surface area contributed by atoms with Gasteiger partial charge < -0.3 is 5.73 Å². The monoisotopic (exact) mass is 196 g/mol. The van der Waals surface area contributed by atoms with Gasteiger partial charge in [-0.1, -0.05) is 13.8 Å². The van der Waals surface area contributed by atoms with E-state index in [0.717, 1.165) is 11.4 Å². The normalized spacial score (nSPS) is 19.9. The molecule has 0 fully saturated rings. The van der Waals surface area contributed by atoms with Crippen molar-refractivity contribution >= 4 is 11.3 Å². The van der Waals surface area contributed by atoms with Crippen molar-refractivity contribution in [3.05, 3.63) is 15.6 Å². The lowest BCUT2D eigenvalue weighted by Crippen LogP contribution is -2.21. The van der Waals surface area contributed by atoms with Gasteiger partial charge in [0.15, 0.2) is 0 Å². The molecule has 0 radical (unpaired) electrons. The second-order valence-electron chi connectivity index (χ2n) is 4.52. The first kappa shape index (κ1) is 9.16. The van der Waals surface area contributed by atoms with E-state index in [4.69, 9.17) is 5.73 Å². The molecule has 1 aromatic heterocycles. The maximum Gasteiger partial charge on any atom is 0.107 e. The number of hydrogen-bond donors (Lipinski definition) is 1. The van der Waals surface area contributed by atoms with Crippen molar-refractivity contribution in [3.63, 3.8) is 0 Å². The van der Waals surface area contributed by atoms with Gasteiger partial charge in [0, 0.05) is 11.4 Å². The summed E-state index contributed by atoms with van der Waals surface area (Å²) in [6.45, 7) is 5.23. The molecule has 0 spiro atoms. The van der Waals surface area contributed by atoms with Crippen LogP contribution < -0.4 is 5.73 Å². The molecule has 3 heteroatoms. The van der Waals surface area contributed by atoms with Gasteiger partial charge in [-0.15, -0.1) is 11.3 Å². The van der Waals surface area contributed by atoms with Gasteiger partial charge in [-0.25, -0.2) is 4.98 Å².